The van der Waals surface area contributed by atoms with E-state index in [2.05, 4.69) is 182 Å². The Morgan fingerprint density at radius 1 is 0.392 bits per heavy atom. The zero-order valence-electron chi connectivity index (χ0n) is 52.7. The van der Waals surface area contributed by atoms with E-state index in [-0.39, 0.29) is 51.6 Å². The predicted molar refractivity (Wildman–Crippen MR) is 346 cm³/mol. The lowest BCUT2D eigenvalue weighted by atomic mass is 10.2. The Hall–Kier alpha value is -6.10. The third-order valence-corrected chi connectivity index (χ3v) is 28.3. The number of carbonyl (C=O) groups is 1. The number of nitrogens with zero attached hydrogens (tertiary/aromatic N) is 6. The van der Waals surface area contributed by atoms with Gasteiger partial charge in [-0.3, -0.25) is 9.69 Å². The number of rotatable bonds is 23. The average Bonchev–Trinajstić information content (AvgIpc) is 0.753. The van der Waals surface area contributed by atoms with E-state index in [9.17, 15) is 121 Å². The maximum absolute atomic E-state index is 14.3. The van der Waals surface area contributed by atoms with Crippen molar-refractivity contribution in [2.75, 3.05) is 78.0 Å². The number of alkyl halides is 15. The van der Waals surface area contributed by atoms with E-state index in [0.29, 0.717) is 0 Å². The summed E-state index contributed by atoms with van der Waals surface area (Å²) in [5.74, 6) is -15.0. The number of carbonyl (C=O) groups excluding carboxylic acids is 1. The lowest BCUT2D eigenvalue weighted by molar-refractivity contribution is -0.244. The molecule has 3 saturated heterocycles. The highest BCUT2D eigenvalue weighted by Crippen LogP contribution is 2.55. The molecule has 3 aliphatic heterocycles. The lowest BCUT2D eigenvalue weighted by Gasteiger charge is -2.40. The van der Waals surface area contributed by atoms with E-state index in [1.807, 2.05) is 0 Å². The van der Waals surface area contributed by atoms with Crippen molar-refractivity contribution in [1.29, 1.82) is 0 Å². The molecule has 1 unspecified atom stereocenters. The smallest absolute Gasteiger partial charge is 0.428 e. The van der Waals surface area contributed by atoms with Gasteiger partial charge < -0.3 is 17.9 Å². The van der Waals surface area contributed by atoms with Gasteiger partial charge in [0.25, 0.3) is 20.0 Å². The molecule has 43 heteroatoms. The topological polar surface area (TPSA) is 272 Å². The molecule has 3 fully saturated rings. The number of ether oxygens (including phenoxy) is 1. The number of hydrogen-bond acceptors (Lipinski definition) is 16. The molecular formula is C59H61F15N6O14S8. The molecule has 0 bridgehead atoms. The molecule has 6 aromatic carbocycles. The molecule has 1 atom stereocenters. The van der Waals surface area contributed by atoms with Crippen LogP contribution in [0.3, 0.4) is 0 Å². The minimum absolute atomic E-state index is 0.0146. The highest BCUT2D eigenvalue weighted by Gasteiger charge is 2.82. The molecule has 0 aliphatic carbocycles. The number of piperazine rings is 2. The van der Waals surface area contributed by atoms with E-state index in [1.54, 1.807) is 0 Å². The molecule has 20 nitrogen and oxygen atoms in total. The zero-order chi connectivity index (χ0) is 76.4. The summed E-state index contributed by atoms with van der Waals surface area (Å²) in [6.45, 7) is -6.81. The number of benzene rings is 6. The molecule has 0 N–H and O–H groups in total. The second-order valence-corrected chi connectivity index (χ2v) is 36.9. The summed E-state index contributed by atoms with van der Waals surface area (Å²) >= 11 is 0. The fraction of sp³-hybridized carbons (Fsp3) is 0.373. The van der Waals surface area contributed by atoms with Gasteiger partial charge in [0.05, 0.1) is 54.9 Å². The third kappa shape index (κ3) is 19.9. The van der Waals surface area contributed by atoms with Gasteiger partial charge in [-0.2, -0.15) is 74.5 Å². The van der Waals surface area contributed by atoms with Crippen LogP contribution >= 0.6 is 0 Å². The Balaban J connectivity index is 0.000000219. The lowest BCUT2D eigenvalue weighted by Crippen LogP contribution is -2.64. The van der Waals surface area contributed by atoms with E-state index >= 15 is 0 Å². The monoisotopic (exact) mass is 1620 g/mol. The Bertz CT molecular complexity index is 4170. The first kappa shape index (κ1) is 84.8. The van der Waals surface area contributed by atoms with Crippen molar-refractivity contribution >= 4 is 87.9 Å². The summed E-state index contributed by atoms with van der Waals surface area (Å²) in [6.07, 6.45) is -5.98. The minimum atomic E-state index is -7.20. The van der Waals surface area contributed by atoms with Crippen molar-refractivity contribution in [3.05, 3.63) is 190 Å². The van der Waals surface area contributed by atoms with Crippen molar-refractivity contribution in [1.82, 2.24) is 18.4 Å². The van der Waals surface area contributed by atoms with Gasteiger partial charge >= 0.3 is 45.0 Å². The first-order valence-corrected chi connectivity index (χ1v) is 41.0. The first-order chi connectivity index (χ1) is 47.0. The molecule has 102 heavy (non-hydrogen) atoms. The predicted octanol–water partition coefficient (Wildman–Crippen LogP) is 10.7. The molecule has 9 rings (SSSR count). The number of hydrogen-bond donors (Lipinski definition) is 0. The van der Waals surface area contributed by atoms with Crippen LogP contribution in [0.5, 0.6) is 0 Å². The summed E-state index contributed by atoms with van der Waals surface area (Å²) in [6, 6.07) is 63.5. The van der Waals surface area contributed by atoms with Crippen molar-refractivity contribution < 1.29 is 126 Å². The van der Waals surface area contributed by atoms with Gasteiger partial charge in [0, 0.05) is 77.8 Å². The van der Waals surface area contributed by atoms with Crippen LogP contribution in [0, 0.1) is 0 Å². The third-order valence-electron chi connectivity index (χ3n) is 14.4. The van der Waals surface area contributed by atoms with Crippen LogP contribution in [0.25, 0.3) is 8.25 Å². The fourth-order valence-electron chi connectivity index (χ4n) is 9.47. The second-order valence-electron chi connectivity index (χ2n) is 21.8. The normalized spacial score (nSPS) is 17.3. The minimum Gasteiger partial charge on any atom is -0.464 e. The Kier molecular flexibility index (Phi) is 27.6. The molecule has 6 aromatic rings. The molecule has 0 radical (unpaired) electrons. The standard InChI is InChI=1S/2C18H15S.C12H16F6N3O8S3.C11H15F9N3O6S3/c2*1-4-10-16(11-5-1)19(17-12-6-2-7-13-17)18-14-8-3-9-15-18;1-30(23,24)19-31(25,26)11(15,16)10(13,14)12(17,18)32(27,28)21-5-3-20(4-6-21)8-2-7-29-9(8)22;1-30(24,25)21-31(26,27)10(17,18)9(15,16)11(19,20)32(28,29)23-6-4-22(5-7-23)3-2-8(12,13)14/h2*1-15H;8H,2-7H2,1H3;2-7H2,1H3/q2*+1;2*-1. The maximum Gasteiger partial charge on any atom is 0.428 e. The molecule has 3 aliphatic rings. The van der Waals surface area contributed by atoms with Gasteiger partial charge in [-0.25, -0.2) is 50.5 Å². The van der Waals surface area contributed by atoms with Crippen LogP contribution in [0.1, 0.15) is 12.8 Å². The van der Waals surface area contributed by atoms with Gasteiger partial charge in [0.15, 0.2) is 49.4 Å². The largest absolute Gasteiger partial charge is 0.464 e. The van der Waals surface area contributed by atoms with Crippen LogP contribution in [0.15, 0.2) is 211 Å². The summed E-state index contributed by atoms with van der Waals surface area (Å²) in [5.41, 5.74) is 0. The van der Waals surface area contributed by atoms with E-state index in [1.165, 1.54) is 42.5 Å². The van der Waals surface area contributed by atoms with Crippen molar-refractivity contribution in [2.24, 2.45) is 0 Å². The van der Waals surface area contributed by atoms with E-state index in [0.717, 1.165) is 4.90 Å². The molecular weight excluding hydrogens is 1560 g/mol. The van der Waals surface area contributed by atoms with Crippen molar-refractivity contribution in [3.63, 3.8) is 0 Å². The Morgan fingerprint density at radius 2 is 0.647 bits per heavy atom. The van der Waals surface area contributed by atoms with Gasteiger partial charge in [-0.05, 0) is 72.8 Å². The van der Waals surface area contributed by atoms with Crippen LogP contribution < -0.4 is 0 Å². The van der Waals surface area contributed by atoms with Gasteiger partial charge in [-0.15, -0.1) is 0 Å². The summed E-state index contributed by atoms with van der Waals surface area (Å²) in [5, 5.41) is -27.3. The molecule has 3 heterocycles. The van der Waals surface area contributed by atoms with Crippen LogP contribution in [-0.2, 0) is 91.5 Å². The number of esters is 1. The highest BCUT2D eigenvalue weighted by molar-refractivity contribution is 8.13. The highest BCUT2D eigenvalue weighted by atomic mass is 32.3. The quantitative estimate of drug-likeness (QED) is 0.0328. The Labute approximate surface area is 584 Å². The zero-order valence-corrected chi connectivity index (χ0v) is 59.2. The Morgan fingerprint density at radius 3 is 0.873 bits per heavy atom. The summed E-state index contributed by atoms with van der Waals surface area (Å²) < 4.78 is 348. The van der Waals surface area contributed by atoms with Gasteiger partial charge in [0.2, 0.25) is 0 Å². The molecule has 0 saturated carbocycles. The van der Waals surface area contributed by atoms with E-state index in [4.69, 9.17) is 4.74 Å². The molecule has 0 spiro atoms. The first-order valence-electron chi connectivity index (χ1n) is 29.1. The number of halogens is 15. The van der Waals surface area contributed by atoms with Crippen molar-refractivity contribution in [3.8, 4) is 0 Å². The van der Waals surface area contributed by atoms with Crippen molar-refractivity contribution in [2.45, 2.75) is 87.3 Å². The molecule has 564 valence electrons. The average molecular weight is 1620 g/mol. The van der Waals surface area contributed by atoms with Crippen LogP contribution in [0.2, 0.25) is 0 Å². The second kappa shape index (κ2) is 33.1. The molecule has 0 amide bonds. The maximum atomic E-state index is 14.3. The molecule has 0 aromatic heterocycles. The number of cyclic esters (lactones) is 1. The van der Waals surface area contributed by atoms with Gasteiger partial charge in [0.1, 0.15) is 6.04 Å². The van der Waals surface area contributed by atoms with E-state index < -0.39 is 181 Å². The summed E-state index contributed by atoms with van der Waals surface area (Å²) in [7, 11) is -38.3. The summed E-state index contributed by atoms with van der Waals surface area (Å²) in [4.78, 5) is 22.0. The number of sulfonamides is 6. The van der Waals surface area contributed by atoms with Gasteiger partial charge in [-0.1, -0.05) is 109 Å². The van der Waals surface area contributed by atoms with Crippen LogP contribution in [-0.4, -0.2) is 198 Å². The van der Waals surface area contributed by atoms with Crippen LogP contribution in [0.4, 0.5) is 65.9 Å². The fourth-order valence-corrected chi connectivity index (χ4v) is 21.2. The SMILES string of the molecule is CS(=O)(=O)[N-]S(=O)(=O)C(F)(F)C(F)(F)C(F)(F)S(=O)(=O)N1CCN(C2CCOC2=O)CC1.CS(=O)(=O)[N-]S(=O)(=O)C(F)(F)C(F)(F)C(F)(F)S(=O)(=O)N1CCN(CCC(F)(F)F)CC1.c1ccc([S+](c2ccccc2)c2ccccc2)cc1.c1ccc([S+](c2ccccc2)c2ccccc2)cc1.